The minimum Gasteiger partial charge on any atom is -0.445 e. The highest BCUT2D eigenvalue weighted by Gasteiger charge is 2.55. The minimum atomic E-state index is -0.604. The lowest BCUT2D eigenvalue weighted by atomic mass is 9.78. The van der Waals surface area contributed by atoms with Crippen molar-refractivity contribution in [2.45, 2.75) is 38.8 Å². The Labute approximate surface area is 136 Å². The highest BCUT2D eigenvalue weighted by Crippen LogP contribution is 2.43. The van der Waals surface area contributed by atoms with Gasteiger partial charge in [0.05, 0.1) is 6.07 Å². The first-order valence-corrected chi connectivity index (χ1v) is 7.61. The van der Waals surface area contributed by atoms with Crippen LogP contribution in [0.1, 0.15) is 27.2 Å². The van der Waals surface area contributed by atoms with E-state index in [0.717, 1.165) is 0 Å². The standard InChI is InChI=1S/C16H23N3O4/c1-5-6-22-13(20)18-9-16(10-18)7-12(8-17)19(11-16)14(21)23-15(2,3)4/h5,12H,1,6-7,9-11H2,2-4H3. The number of amides is 2. The fraction of sp³-hybridized carbons (Fsp3) is 0.688. The maximum Gasteiger partial charge on any atom is 0.411 e. The number of rotatable bonds is 2. The molecule has 0 aliphatic carbocycles. The van der Waals surface area contributed by atoms with Crippen LogP contribution in [0.3, 0.4) is 0 Å². The van der Waals surface area contributed by atoms with Crippen molar-refractivity contribution in [3.63, 3.8) is 0 Å². The van der Waals surface area contributed by atoms with Crippen LogP contribution in [0.25, 0.3) is 0 Å². The van der Waals surface area contributed by atoms with Gasteiger partial charge in [-0.2, -0.15) is 5.26 Å². The summed E-state index contributed by atoms with van der Waals surface area (Å²) in [6, 6.07) is 1.64. The fourth-order valence-electron chi connectivity index (χ4n) is 3.03. The normalized spacial score (nSPS) is 22.3. The lowest BCUT2D eigenvalue weighted by molar-refractivity contribution is -0.00171. The first-order valence-electron chi connectivity index (χ1n) is 7.61. The summed E-state index contributed by atoms with van der Waals surface area (Å²) in [5, 5.41) is 9.31. The Morgan fingerprint density at radius 3 is 2.52 bits per heavy atom. The molecule has 0 aromatic carbocycles. The molecule has 2 amide bonds. The summed E-state index contributed by atoms with van der Waals surface area (Å²) < 4.78 is 10.4. The zero-order chi connectivity index (χ0) is 17.3. The first kappa shape index (κ1) is 17.1. The topological polar surface area (TPSA) is 82.9 Å². The highest BCUT2D eigenvalue weighted by molar-refractivity contribution is 5.71. The lowest BCUT2D eigenvalue weighted by Crippen LogP contribution is -2.59. The Morgan fingerprint density at radius 1 is 1.35 bits per heavy atom. The van der Waals surface area contributed by atoms with Gasteiger partial charge in [0.25, 0.3) is 0 Å². The van der Waals surface area contributed by atoms with Crippen molar-refractivity contribution in [2.75, 3.05) is 26.2 Å². The molecule has 1 spiro atoms. The van der Waals surface area contributed by atoms with Crippen LogP contribution < -0.4 is 0 Å². The minimum absolute atomic E-state index is 0.174. The van der Waals surface area contributed by atoms with Crippen molar-refractivity contribution < 1.29 is 19.1 Å². The quantitative estimate of drug-likeness (QED) is 0.728. The van der Waals surface area contributed by atoms with E-state index in [1.165, 1.54) is 11.0 Å². The van der Waals surface area contributed by atoms with Gasteiger partial charge in [-0.3, -0.25) is 4.90 Å². The summed E-state index contributed by atoms with van der Waals surface area (Å²) in [6.45, 7) is 10.4. The monoisotopic (exact) mass is 321 g/mol. The van der Waals surface area contributed by atoms with E-state index in [4.69, 9.17) is 9.47 Å². The van der Waals surface area contributed by atoms with E-state index in [1.807, 2.05) is 0 Å². The summed E-state index contributed by atoms with van der Waals surface area (Å²) in [5.41, 5.74) is -0.836. The Morgan fingerprint density at radius 2 is 2.00 bits per heavy atom. The maximum absolute atomic E-state index is 12.3. The van der Waals surface area contributed by atoms with Crippen LogP contribution in [0.2, 0.25) is 0 Å². The number of hydrogen-bond acceptors (Lipinski definition) is 5. The molecule has 7 nitrogen and oxygen atoms in total. The Balaban J connectivity index is 1.95. The van der Waals surface area contributed by atoms with E-state index >= 15 is 0 Å². The lowest BCUT2D eigenvalue weighted by Gasteiger charge is -2.46. The van der Waals surface area contributed by atoms with E-state index < -0.39 is 17.7 Å². The predicted octanol–water partition coefficient (Wildman–Crippen LogP) is 2.14. The summed E-state index contributed by atoms with van der Waals surface area (Å²) >= 11 is 0. The van der Waals surface area contributed by atoms with Gasteiger partial charge in [-0.1, -0.05) is 12.7 Å². The van der Waals surface area contributed by atoms with Crippen molar-refractivity contribution in [3.05, 3.63) is 12.7 Å². The van der Waals surface area contributed by atoms with Gasteiger partial charge in [0, 0.05) is 25.0 Å². The number of carbonyl (C=O) groups is 2. The molecule has 0 bridgehead atoms. The Kier molecular flexibility index (Phi) is 4.55. The molecular formula is C16H23N3O4. The number of ether oxygens (including phenoxy) is 2. The summed E-state index contributed by atoms with van der Waals surface area (Å²) in [5.74, 6) is 0. The molecule has 2 rings (SSSR count). The Bertz CT molecular complexity index is 541. The zero-order valence-corrected chi connectivity index (χ0v) is 13.9. The van der Waals surface area contributed by atoms with E-state index in [9.17, 15) is 14.9 Å². The van der Waals surface area contributed by atoms with E-state index in [1.54, 1.807) is 25.7 Å². The maximum atomic E-state index is 12.3. The van der Waals surface area contributed by atoms with Crippen LogP contribution in [0.4, 0.5) is 9.59 Å². The largest absolute Gasteiger partial charge is 0.445 e. The van der Waals surface area contributed by atoms with Gasteiger partial charge in [0.15, 0.2) is 0 Å². The highest BCUT2D eigenvalue weighted by atomic mass is 16.6. The molecule has 1 atom stereocenters. The number of hydrogen-bond donors (Lipinski definition) is 0. The van der Waals surface area contributed by atoms with Gasteiger partial charge in [-0.05, 0) is 27.2 Å². The van der Waals surface area contributed by atoms with E-state index in [0.29, 0.717) is 26.1 Å². The van der Waals surface area contributed by atoms with Gasteiger partial charge in [0.2, 0.25) is 0 Å². The molecule has 7 heteroatoms. The van der Waals surface area contributed by atoms with Crippen molar-refractivity contribution in [2.24, 2.45) is 5.41 Å². The molecule has 0 radical (unpaired) electrons. The van der Waals surface area contributed by atoms with Crippen molar-refractivity contribution >= 4 is 12.2 Å². The predicted molar refractivity (Wildman–Crippen MR) is 82.5 cm³/mol. The van der Waals surface area contributed by atoms with E-state index in [2.05, 4.69) is 12.6 Å². The summed E-state index contributed by atoms with van der Waals surface area (Å²) in [7, 11) is 0. The summed E-state index contributed by atoms with van der Waals surface area (Å²) in [6.07, 6.45) is 1.20. The van der Waals surface area contributed by atoms with Crippen LogP contribution in [-0.4, -0.2) is 59.9 Å². The molecule has 0 saturated carbocycles. The fourth-order valence-corrected chi connectivity index (χ4v) is 3.03. The van der Waals surface area contributed by atoms with Crippen molar-refractivity contribution in [1.82, 2.24) is 9.80 Å². The van der Waals surface area contributed by atoms with Gasteiger partial charge in [-0.25, -0.2) is 9.59 Å². The first-order chi connectivity index (χ1) is 10.7. The van der Waals surface area contributed by atoms with Crippen molar-refractivity contribution in [1.29, 1.82) is 5.26 Å². The third-order valence-electron chi connectivity index (χ3n) is 3.92. The van der Waals surface area contributed by atoms with Crippen LogP contribution in [0.15, 0.2) is 12.7 Å². The van der Waals surface area contributed by atoms with Crippen molar-refractivity contribution in [3.8, 4) is 6.07 Å². The number of carbonyl (C=O) groups excluding carboxylic acids is 2. The molecule has 2 saturated heterocycles. The number of likely N-dealkylation sites (tertiary alicyclic amines) is 2. The van der Waals surface area contributed by atoms with Gasteiger partial charge in [0.1, 0.15) is 18.2 Å². The van der Waals surface area contributed by atoms with Gasteiger partial charge >= 0.3 is 12.2 Å². The van der Waals surface area contributed by atoms with Crippen LogP contribution in [-0.2, 0) is 9.47 Å². The second kappa shape index (κ2) is 6.11. The average molecular weight is 321 g/mol. The smallest absolute Gasteiger partial charge is 0.411 e. The molecule has 0 N–H and O–H groups in total. The Hall–Kier alpha value is -2.23. The molecule has 2 heterocycles. The second-order valence-electron chi connectivity index (χ2n) is 7.18. The molecule has 1 unspecified atom stereocenters. The molecular weight excluding hydrogens is 298 g/mol. The zero-order valence-electron chi connectivity index (χ0n) is 13.9. The number of nitrogens with zero attached hydrogens (tertiary/aromatic N) is 3. The second-order valence-corrected chi connectivity index (χ2v) is 7.18. The third-order valence-corrected chi connectivity index (χ3v) is 3.92. The summed E-state index contributed by atoms with van der Waals surface area (Å²) in [4.78, 5) is 27.1. The molecule has 2 fully saturated rings. The number of nitriles is 1. The van der Waals surface area contributed by atoms with Crippen LogP contribution in [0.5, 0.6) is 0 Å². The van der Waals surface area contributed by atoms with Gasteiger partial charge < -0.3 is 14.4 Å². The SMILES string of the molecule is C=CCOC(=O)N1CC2(CC(C#N)N(C(=O)OC(C)(C)C)C2)C1. The average Bonchev–Trinajstić information content (AvgIpc) is 2.81. The molecule has 126 valence electrons. The molecule has 0 aromatic rings. The molecule has 2 aliphatic rings. The molecule has 2 aliphatic heterocycles. The third kappa shape index (κ3) is 3.76. The van der Waals surface area contributed by atoms with E-state index in [-0.39, 0.29) is 18.1 Å². The molecule has 0 aromatic heterocycles. The van der Waals surface area contributed by atoms with Crippen LogP contribution >= 0.6 is 0 Å². The van der Waals surface area contributed by atoms with Crippen LogP contribution in [0, 0.1) is 16.7 Å². The molecule has 23 heavy (non-hydrogen) atoms. The van der Waals surface area contributed by atoms with Gasteiger partial charge in [-0.15, -0.1) is 0 Å².